The van der Waals surface area contributed by atoms with Gasteiger partial charge in [0.1, 0.15) is 5.56 Å². The van der Waals surface area contributed by atoms with Gasteiger partial charge in [0.25, 0.3) is 0 Å². The molecular weight excluding hydrogens is 256 g/mol. The van der Waals surface area contributed by atoms with Crippen LogP contribution in [0.3, 0.4) is 0 Å². The van der Waals surface area contributed by atoms with Gasteiger partial charge in [-0.15, -0.1) is 0 Å². The zero-order chi connectivity index (χ0) is 13.6. The number of carbonyl (C=O) groups is 1. The Morgan fingerprint density at radius 1 is 1.61 bits per heavy atom. The van der Waals surface area contributed by atoms with Crippen LogP contribution in [0.2, 0.25) is 0 Å². The lowest BCUT2D eigenvalue weighted by atomic mass is 10.0. The first-order chi connectivity index (χ1) is 8.29. The number of sulfone groups is 1. The van der Waals surface area contributed by atoms with E-state index in [1.54, 1.807) is 4.68 Å². The van der Waals surface area contributed by atoms with Gasteiger partial charge in [-0.05, 0) is 19.8 Å². The van der Waals surface area contributed by atoms with Gasteiger partial charge in [0.05, 0.1) is 28.9 Å². The molecule has 0 bridgehead atoms. The minimum atomic E-state index is -3.05. The highest BCUT2D eigenvalue weighted by Gasteiger charge is 2.42. The van der Waals surface area contributed by atoms with Gasteiger partial charge in [0.15, 0.2) is 9.84 Å². The summed E-state index contributed by atoms with van der Waals surface area (Å²) in [6, 6.07) is 0. The zero-order valence-corrected chi connectivity index (χ0v) is 11.2. The van der Waals surface area contributed by atoms with E-state index in [4.69, 9.17) is 5.11 Å². The monoisotopic (exact) mass is 272 g/mol. The topological polar surface area (TPSA) is 89.3 Å². The van der Waals surface area contributed by atoms with E-state index >= 15 is 0 Å². The predicted octanol–water partition coefficient (Wildman–Crippen LogP) is 0.677. The second kappa shape index (κ2) is 4.08. The minimum Gasteiger partial charge on any atom is -0.478 e. The summed E-state index contributed by atoms with van der Waals surface area (Å²) in [6.45, 7) is 3.65. The molecule has 1 fully saturated rings. The van der Waals surface area contributed by atoms with Crippen LogP contribution >= 0.6 is 0 Å². The molecule has 0 aliphatic carbocycles. The average Bonchev–Trinajstić information content (AvgIpc) is 2.80. The fourth-order valence-corrected chi connectivity index (χ4v) is 4.63. The molecule has 2 rings (SSSR count). The Morgan fingerprint density at radius 3 is 2.72 bits per heavy atom. The van der Waals surface area contributed by atoms with E-state index in [0.717, 1.165) is 0 Å². The Bertz CT molecular complexity index is 590. The van der Waals surface area contributed by atoms with Crippen molar-refractivity contribution in [1.29, 1.82) is 0 Å². The summed E-state index contributed by atoms with van der Waals surface area (Å²) in [5, 5.41) is 13.2. The quantitative estimate of drug-likeness (QED) is 0.873. The van der Waals surface area contributed by atoms with Crippen molar-refractivity contribution in [2.24, 2.45) is 0 Å². The molecule has 1 aromatic heterocycles. The Hall–Kier alpha value is -1.37. The predicted molar refractivity (Wildman–Crippen MR) is 65.5 cm³/mol. The Balaban J connectivity index is 2.49. The minimum absolute atomic E-state index is 0.0216. The molecule has 0 radical (unpaired) electrons. The van der Waals surface area contributed by atoms with Crippen molar-refractivity contribution in [1.82, 2.24) is 9.78 Å². The molecule has 2 heterocycles. The third-order valence-corrected chi connectivity index (χ3v) is 5.32. The number of carboxylic acid groups (broad SMARTS) is 1. The summed E-state index contributed by atoms with van der Waals surface area (Å²) < 4.78 is 24.8. The number of aromatic carboxylic acids is 1. The molecule has 1 aliphatic rings. The molecule has 1 saturated heterocycles. The van der Waals surface area contributed by atoms with Crippen LogP contribution in [0.25, 0.3) is 0 Å². The van der Waals surface area contributed by atoms with Gasteiger partial charge in [-0.2, -0.15) is 5.10 Å². The first-order valence-electron chi connectivity index (χ1n) is 5.80. The van der Waals surface area contributed by atoms with Gasteiger partial charge >= 0.3 is 5.97 Å². The Morgan fingerprint density at radius 2 is 2.28 bits per heavy atom. The van der Waals surface area contributed by atoms with Gasteiger partial charge in [-0.1, -0.05) is 6.92 Å². The lowest BCUT2D eigenvalue weighted by Crippen LogP contribution is -2.34. The van der Waals surface area contributed by atoms with E-state index in [2.05, 4.69) is 5.10 Å². The maximum atomic E-state index is 11.6. The zero-order valence-electron chi connectivity index (χ0n) is 10.4. The van der Waals surface area contributed by atoms with E-state index in [0.29, 0.717) is 18.5 Å². The van der Waals surface area contributed by atoms with Crippen molar-refractivity contribution < 1.29 is 18.3 Å². The average molecular weight is 272 g/mol. The number of rotatable bonds is 3. The van der Waals surface area contributed by atoms with Crippen LogP contribution in [0, 0.1) is 0 Å². The van der Waals surface area contributed by atoms with Crippen LogP contribution in [-0.2, 0) is 21.8 Å². The summed E-state index contributed by atoms with van der Waals surface area (Å²) >= 11 is 0. The normalized spacial score (nSPS) is 26.3. The number of hydrogen-bond donors (Lipinski definition) is 1. The molecule has 0 spiro atoms. The number of carboxylic acids is 1. The fraction of sp³-hybridized carbons (Fsp3) is 0.636. The van der Waals surface area contributed by atoms with E-state index in [-0.39, 0.29) is 17.1 Å². The van der Waals surface area contributed by atoms with Crippen molar-refractivity contribution in [3.63, 3.8) is 0 Å². The number of hydrogen-bond acceptors (Lipinski definition) is 4. The van der Waals surface area contributed by atoms with E-state index < -0.39 is 21.3 Å². The molecular formula is C11H16N2O4S. The van der Waals surface area contributed by atoms with Gasteiger partial charge < -0.3 is 5.11 Å². The molecule has 0 amide bonds. The molecule has 1 unspecified atom stereocenters. The molecule has 0 saturated carbocycles. The molecule has 18 heavy (non-hydrogen) atoms. The van der Waals surface area contributed by atoms with Crippen LogP contribution in [0.15, 0.2) is 6.20 Å². The van der Waals surface area contributed by atoms with Gasteiger partial charge in [-0.3, -0.25) is 4.68 Å². The molecule has 1 aromatic rings. The van der Waals surface area contributed by atoms with Crippen molar-refractivity contribution >= 4 is 15.8 Å². The van der Waals surface area contributed by atoms with Crippen LogP contribution in [-0.4, -0.2) is 40.8 Å². The van der Waals surface area contributed by atoms with Crippen molar-refractivity contribution in [2.45, 2.75) is 32.2 Å². The van der Waals surface area contributed by atoms with Gasteiger partial charge in [0, 0.05) is 0 Å². The maximum Gasteiger partial charge on any atom is 0.339 e. The molecule has 6 nitrogen and oxygen atoms in total. The lowest BCUT2D eigenvalue weighted by molar-refractivity contribution is 0.0695. The maximum absolute atomic E-state index is 11.6. The highest BCUT2D eigenvalue weighted by molar-refractivity contribution is 7.91. The van der Waals surface area contributed by atoms with Crippen LogP contribution in [0.1, 0.15) is 36.3 Å². The molecule has 100 valence electrons. The molecule has 0 aromatic carbocycles. The van der Waals surface area contributed by atoms with Gasteiger partial charge in [0.2, 0.25) is 0 Å². The summed E-state index contributed by atoms with van der Waals surface area (Å²) in [5.41, 5.74) is 0.114. The highest BCUT2D eigenvalue weighted by atomic mass is 32.2. The van der Waals surface area contributed by atoms with Crippen LogP contribution in [0.5, 0.6) is 0 Å². The van der Waals surface area contributed by atoms with E-state index in [1.807, 2.05) is 13.8 Å². The second-order valence-corrected chi connectivity index (χ2v) is 7.10. The lowest BCUT2D eigenvalue weighted by Gasteiger charge is -2.25. The number of nitrogens with zero attached hydrogens (tertiary/aromatic N) is 2. The smallest absolute Gasteiger partial charge is 0.339 e. The van der Waals surface area contributed by atoms with E-state index in [9.17, 15) is 13.2 Å². The van der Waals surface area contributed by atoms with E-state index in [1.165, 1.54) is 6.20 Å². The second-order valence-electron chi connectivity index (χ2n) is 4.91. The third-order valence-electron chi connectivity index (χ3n) is 3.43. The standard InChI is InChI=1S/C11H16N2O4S/c1-3-9-8(10(14)15)6-12-13(9)11(2)4-5-18(16,17)7-11/h6H,3-5,7H2,1-2H3,(H,14,15). The summed E-state index contributed by atoms with van der Waals surface area (Å²) in [5.74, 6) is -0.870. The van der Waals surface area contributed by atoms with Crippen LogP contribution in [0.4, 0.5) is 0 Å². The Labute approximate surface area is 106 Å². The fourth-order valence-electron chi connectivity index (χ4n) is 2.52. The van der Waals surface area contributed by atoms with Crippen molar-refractivity contribution in [2.75, 3.05) is 11.5 Å². The summed E-state index contributed by atoms with van der Waals surface area (Å²) in [7, 11) is -3.05. The summed E-state index contributed by atoms with van der Waals surface area (Å²) in [6.07, 6.45) is 2.29. The third kappa shape index (κ3) is 2.03. The molecule has 7 heteroatoms. The SMILES string of the molecule is CCc1c(C(=O)O)cnn1C1(C)CCS(=O)(=O)C1. The molecule has 1 N–H and O–H groups in total. The largest absolute Gasteiger partial charge is 0.478 e. The summed E-state index contributed by atoms with van der Waals surface area (Å²) in [4.78, 5) is 11.1. The molecule has 1 atom stereocenters. The molecule has 1 aliphatic heterocycles. The number of aromatic nitrogens is 2. The highest BCUT2D eigenvalue weighted by Crippen LogP contribution is 2.32. The first-order valence-corrected chi connectivity index (χ1v) is 7.62. The van der Waals surface area contributed by atoms with Crippen molar-refractivity contribution in [3.05, 3.63) is 17.5 Å². The Kier molecular flexibility index (Phi) is 2.96. The first kappa shape index (κ1) is 13.1. The van der Waals surface area contributed by atoms with Crippen LogP contribution < -0.4 is 0 Å². The van der Waals surface area contributed by atoms with Gasteiger partial charge in [-0.25, -0.2) is 13.2 Å². The van der Waals surface area contributed by atoms with Crippen molar-refractivity contribution in [3.8, 4) is 0 Å².